The number of nitrogens with one attached hydrogen (secondary N) is 3. The zero-order valence-electron chi connectivity index (χ0n) is 12.7. The third kappa shape index (κ3) is 4.67. The first-order valence-electron chi connectivity index (χ1n) is 6.93. The van der Waals surface area contributed by atoms with Gasteiger partial charge in [0.05, 0.1) is 5.56 Å². The van der Waals surface area contributed by atoms with Crippen LogP contribution in [0.25, 0.3) is 0 Å². The summed E-state index contributed by atoms with van der Waals surface area (Å²) in [6.07, 6.45) is 0. The molecule has 2 aromatic carbocycles. The van der Waals surface area contributed by atoms with Crippen LogP contribution in [0.15, 0.2) is 48.5 Å². The van der Waals surface area contributed by atoms with Gasteiger partial charge in [-0.25, -0.2) is 4.79 Å². The number of hydrogen-bond acceptors (Lipinski definition) is 3. The van der Waals surface area contributed by atoms with Gasteiger partial charge in [0.1, 0.15) is 5.75 Å². The van der Waals surface area contributed by atoms with Crippen molar-refractivity contribution in [3.63, 3.8) is 0 Å². The third-order valence-corrected chi connectivity index (χ3v) is 2.98. The van der Waals surface area contributed by atoms with Crippen molar-refractivity contribution in [1.29, 1.82) is 0 Å². The van der Waals surface area contributed by atoms with Crippen LogP contribution in [0.2, 0.25) is 0 Å². The summed E-state index contributed by atoms with van der Waals surface area (Å²) in [4.78, 5) is 23.4. The number of rotatable bonds is 5. The summed E-state index contributed by atoms with van der Waals surface area (Å²) in [7, 11) is 1.49. The van der Waals surface area contributed by atoms with Gasteiger partial charge in [0, 0.05) is 18.4 Å². The van der Waals surface area contributed by atoms with E-state index in [4.69, 9.17) is 0 Å². The lowest BCUT2D eigenvalue weighted by molar-refractivity contribution is -0.0501. The number of anilines is 2. The average molecular weight is 335 g/mol. The molecular weight excluding hydrogens is 320 g/mol. The standard InChI is InChI=1S/C16H15F2N3O3/c1-19-16(23)21-11-8-6-10(7-9-11)20-14(22)12-4-2-3-5-13(12)24-15(17)18/h2-9,15H,1H3,(H,20,22)(H2,19,21,23). The fraction of sp³-hybridized carbons (Fsp3) is 0.125. The summed E-state index contributed by atoms with van der Waals surface area (Å²) in [6, 6.07) is 11.7. The van der Waals surface area contributed by atoms with E-state index in [0.29, 0.717) is 11.4 Å². The van der Waals surface area contributed by atoms with E-state index in [0.717, 1.165) is 0 Å². The minimum Gasteiger partial charge on any atom is -0.434 e. The molecule has 0 spiro atoms. The maximum Gasteiger partial charge on any atom is 0.387 e. The summed E-state index contributed by atoms with van der Waals surface area (Å²) < 4.78 is 29.1. The molecule has 0 radical (unpaired) electrons. The van der Waals surface area contributed by atoms with Crippen LogP contribution in [0.4, 0.5) is 25.0 Å². The minimum atomic E-state index is -3.02. The zero-order valence-corrected chi connectivity index (χ0v) is 12.7. The number of halogens is 2. The molecular formula is C16H15F2N3O3. The first-order valence-corrected chi connectivity index (χ1v) is 6.93. The lowest BCUT2D eigenvalue weighted by Gasteiger charge is -2.11. The summed E-state index contributed by atoms with van der Waals surface area (Å²) in [5, 5.41) is 7.55. The van der Waals surface area contributed by atoms with E-state index in [1.807, 2.05) is 0 Å². The van der Waals surface area contributed by atoms with E-state index >= 15 is 0 Å². The molecule has 0 atom stereocenters. The smallest absolute Gasteiger partial charge is 0.387 e. The molecule has 3 N–H and O–H groups in total. The fourth-order valence-electron chi connectivity index (χ4n) is 1.88. The summed E-state index contributed by atoms with van der Waals surface area (Å²) in [5.41, 5.74) is 0.966. The Labute approximate surface area is 136 Å². The van der Waals surface area contributed by atoms with Gasteiger partial charge in [-0.1, -0.05) is 12.1 Å². The lowest BCUT2D eigenvalue weighted by Crippen LogP contribution is -2.24. The minimum absolute atomic E-state index is 0.00892. The molecule has 24 heavy (non-hydrogen) atoms. The van der Waals surface area contributed by atoms with Crippen molar-refractivity contribution in [3.05, 3.63) is 54.1 Å². The van der Waals surface area contributed by atoms with Crippen LogP contribution in [0, 0.1) is 0 Å². The van der Waals surface area contributed by atoms with Crippen LogP contribution >= 0.6 is 0 Å². The van der Waals surface area contributed by atoms with Crippen LogP contribution in [0.5, 0.6) is 5.75 Å². The van der Waals surface area contributed by atoms with Gasteiger partial charge in [-0.2, -0.15) is 8.78 Å². The average Bonchev–Trinajstić information content (AvgIpc) is 2.56. The molecule has 3 amide bonds. The topological polar surface area (TPSA) is 79.5 Å². The van der Waals surface area contributed by atoms with Crippen molar-refractivity contribution >= 4 is 23.3 Å². The summed E-state index contributed by atoms with van der Waals surface area (Å²) >= 11 is 0. The molecule has 2 rings (SSSR count). The highest BCUT2D eigenvalue weighted by molar-refractivity contribution is 6.06. The molecule has 6 nitrogen and oxygen atoms in total. The van der Waals surface area contributed by atoms with E-state index in [1.165, 1.54) is 25.2 Å². The number of urea groups is 1. The number of ether oxygens (including phenoxy) is 1. The van der Waals surface area contributed by atoms with E-state index < -0.39 is 12.5 Å². The van der Waals surface area contributed by atoms with E-state index in [-0.39, 0.29) is 17.3 Å². The number of carbonyl (C=O) groups excluding carboxylic acids is 2. The molecule has 0 aliphatic carbocycles. The predicted molar refractivity (Wildman–Crippen MR) is 85.5 cm³/mol. The Morgan fingerprint density at radius 3 is 2.12 bits per heavy atom. The Bertz CT molecular complexity index is 721. The first-order chi connectivity index (χ1) is 11.5. The Kier molecular flexibility index (Phi) is 5.67. The van der Waals surface area contributed by atoms with Crippen molar-refractivity contribution in [2.75, 3.05) is 17.7 Å². The largest absolute Gasteiger partial charge is 0.434 e. The Morgan fingerprint density at radius 2 is 1.54 bits per heavy atom. The van der Waals surface area contributed by atoms with Crippen molar-refractivity contribution in [2.24, 2.45) is 0 Å². The number of hydrogen-bond donors (Lipinski definition) is 3. The number of carbonyl (C=O) groups is 2. The summed E-state index contributed by atoms with van der Waals surface area (Å²) in [5.74, 6) is -0.791. The molecule has 0 unspecified atom stereocenters. The number of amides is 3. The molecule has 0 aliphatic rings. The highest BCUT2D eigenvalue weighted by Gasteiger charge is 2.15. The van der Waals surface area contributed by atoms with Crippen molar-refractivity contribution in [2.45, 2.75) is 6.61 Å². The normalized spacial score (nSPS) is 10.2. The molecule has 126 valence electrons. The Balaban J connectivity index is 2.08. The molecule has 8 heteroatoms. The summed E-state index contributed by atoms with van der Waals surface area (Å²) in [6.45, 7) is -3.02. The quantitative estimate of drug-likeness (QED) is 0.784. The van der Waals surface area contributed by atoms with Gasteiger partial charge in [0.2, 0.25) is 0 Å². The number of benzene rings is 2. The van der Waals surface area contributed by atoms with Gasteiger partial charge >= 0.3 is 12.6 Å². The van der Waals surface area contributed by atoms with E-state index in [2.05, 4.69) is 20.7 Å². The monoisotopic (exact) mass is 335 g/mol. The predicted octanol–water partition coefficient (Wildman–Crippen LogP) is 3.29. The van der Waals surface area contributed by atoms with Gasteiger partial charge in [-0.3, -0.25) is 4.79 Å². The molecule has 0 heterocycles. The molecule has 0 fully saturated rings. The van der Waals surface area contributed by atoms with Crippen LogP contribution in [0.3, 0.4) is 0 Å². The van der Waals surface area contributed by atoms with Gasteiger partial charge < -0.3 is 20.7 Å². The fourth-order valence-corrected chi connectivity index (χ4v) is 1.88. The first kappa shape index (κ1) is 17.2. The van der Waals surface area contributed by atoms with Gasteiger partial charge in [-0.05, 0) is 36.4 Å². The SMILES string of the molecule is CNC(=O)Nc1ccc(NC(=O)c2ccccc2OC(F)F)cc1. The Hall–Kier alpha value is -3.16. The van der Waals surface area contributed by atoms with E-state index in [1.54, 1.807) is 30.3 Å². The third-order valence-electron chi connectivity index (χ3n) is 2.98. The second kappa shape index (κ2) is 7.91. The molecule has 0 saturated heterocycles. The maximum atomic E-state index is 12.4. The molecule has 0 aliphatic heterocycles. The lowest BCUT2D eigenvalue weighted by atomic mass is 10.2. The zero-order chi connectivity index (χ0) is 17.5. The Morgan fingerprint density at radius 1 is 0.958 bits per heavy atom. The second-order valence-corrected chi connectivity index (χ2v) is 4.61. The second-order valence-electron chi connectivity index (χ2n) is 4.61. The number of para-hydroxylation sites is 1. The van der Waals surface area contributed by atoms with Crippen molar-refractivity contribution in [1.82, 2.24) is 5.32 Å². The van der Waals surface area contributed by atoms with Gasteiger partial charge in [0.25, 0.3) is 5.91 Å². The highest BCUT2D eigenvalue weighted by atomic mass is 19.3. The molecule has 0 saturated carbocycles. The van der Waals surface area contributed by atoms with Gasteiger partial charge in [-0.15, -0.1) is 0 Å². The highest BCUT2D eigenvalue weighted by Crippen LogP contribution is 2.22. The van der Waals surface area contributed by atoms with Gasteiger partial charge in [0.15, 0.2) is 0 Å². The molecule has 2 aromatic rings. The number of alkyl halides is 2. The van der Waals surface area contributed by atoms with Crippen LogP contribution in [0.1, 0.15) is 10.4 Å². The maximum absolute atomic E-state index is 12.4. The van der Waals surface area contributed by atoms with Crippen LogP contribution in [-0.2, 0) is 0 Å². The van der Waals surface area contributed by atoms with Crippen LogP contribution < -0.4 is 20.7 Å². The molecule has 0 aromatic heterocycles. The molecule has 0 bridgehead atoms. The van der Waals surface area contributed by atoms with Crippen LogP contribution in [-0.4, -0.2) is 25.6 Å². The van der Waals surface area contributed by atoms with E-state index in [9.17, 15) is 18.4 Å². The van der Waals surface area contributed by atoms with Crippen molar-refractivity contribution < 1.29 is 23.1 Å². The van der Waals surface area contributed by atoms with Crippen molar-refractivity contribution in [3.8, 4) is 5.75 Å².